The molecule has 0 saturated heterocycles. The summed E-state index contributed by atoms with van der Waals surface area (Å²) in [4.78, 5) is 20.3. The third kappa shape index (κ3) is 4.79. The first-order valence-corrected chi connectivity index (χ1v) is 9.26. The lowest BCUT2D eigenvalue weighted by Crippen LogP contribution is -2.27. The molecule has 1 amide bonds. The van der Waals surface area contributed by atoms with Gasteiger partial charge in [-0.1, -0.05) is 49.9 Å². The maximum absolute atomic E-state index is 12.0. The van der Waals surface area contributed by atoms with Crippen LogP contribution in [0.4, 0.5) is 0 Å². The SMILES string of the molecule is CC(C)c1ccc(CCNC(=O)CSc2nc3ncccn3n2)cc1. The smallest absolute Gasteiger partial charge is 0.253 e. The lowest BCUT2D eigenvalue weighted by molar-refractivity contribution is -0.118. The minimum absolute atomic E-state index is 0.0179. The molecule has 1 aromatic carbocycles. The Balaban J connectivity index is 1.42. The van der Waals surface area contributed by atoms with E-state index in [4.69, 9.17) is 0 Å². The Morgan fingerprint density at radius 3 is 2.80 bits per heavy atom. The van der Waals surface area contributed by atoms with Crippen LogP contribution in [0.3, 0.4) is 0 Å². The number of rotatable bonds is 7. The Morgan fingerprint density at radius 2 is 2.08 bits per heavy atom. The number of carbonyl (C=O) groups excluding carboxylic acids is 1. The van der Waals surface area contributed by atoms with Crippen molar-refractivity contribution < 1.29 is 4.79 Å². The standard InChI is InChI=1S/C18H21N5OS/c1-13(2)15-6-4-14(5-7-15)8-10-19-16(24)12-25-18-21-17-20-9-3-11-23(17)22-18/h3-7,9,11,13H,8,10,12H2,1-2H3,(H,19,24). The lowest BCUT2D eigenvalue weighted by Gasteiger charge is -2.07. The molecule has 25 heavy (non-hydrogen) atoms. The van der Waals surface area contributed by atoms with Gasteiger partial charge in [-0.2, -0.15) is 4.98 Å². The minimum Gasteiger partial charge on any atom is -0.355 e. The summed E-state index contributed by atoms with van der Waals surface area (Å²) >= 11 is 1.31. The number of aromatic nitrogens is 4. The van der Waals surface area contributed by atoms with E-state index in [-0.39, 0.29) is 5.91 Å². The molecule has 3 rings (SSSR count). The summed E-state index contributed by atoms with van der Waals surface area (Å²) in [5, 5.41) is 7.75. The molecule has 2 aromatic heterocycles. The van der Waals surface area contributed by atoms with E-state index in [0.717, 1.165) is 6.42 Å². The van der Waals surface area contributed by atoms with Crippen LogP contribution in [0.1, 0.15) is 30.9 Å². The molecule has 0 fully saturated rings. The molecule has 0 bridgehead atoms. The van der Waals surface area contributed by atoms with Crippen LogP contribution in [0.25, 0.3) is 5.78 Å². The fraction of sp³-hybridized carbons (Fsp3) is 0.333. The highest BCUT2D eigenvalue weighted by molar-refractivity contribution is 7.99. The predicted molar refractivity (Wildman–Crippen MR) is 98.8 cm³/mol. The molecule has 130 valence electrons. The van der Waals surface area contributed by atoms with Gasteiger partial charge in [0.15, 0.2) is 0 Å². The molecule has 6 nitrogen and oxygen atoms in total. The van der Waals surface area contributed by atoms with Crippen molar-refractivity contribution in [3.63, 3.8) is 0 Å². The van der Waals surface area contributed by atoms with E-state index < -0.39 is 0 Å². The number of amides is 1. The van der Waals surface area contributed by atoms with Crippen LogP contribution < -0.4 is 5.32 Å². The van der Waals surface area contributed by atoms with Crippen molar-refractivity contribution in [3.8, 4) is 0 Å². The number of hydrogen-bond acceptors (Lipinski definition) is 5. The summed E-state index contributed by atoms with van der Waals surface area (Å²) in [5.74, 6) is 1.35. The fourth-order valence-electron chi connectivity index (χ4n) is 2.37. The van der Waals surface area contributed by atoms with Crippen LogP contribution in [0.5, 0.6) is 0 Å². The highest BCUT2D eigenvalue weighted by atomic mass is 32.2. The maximum Gasteiger partial charge on any atom is 0.253 e. The first kappa shape index (κ1) is 17.4. The quantitative estimate of drug-likeness (QED) is 0.660. The Morgan fingerprint density at radius 1 is 1.28 bits per heavy atom. The first-order valence-electron chi connectivity index (χ1n) is 8.27. The zero-order chi connectivity index (χ0) is 17.6. The number of thioether (sulfide) groups is 1. The van der Waals surface area contributed by atoms with Gasteiger partial charge in [0.05, 0.1) is 5.75 Å². The van der Waals surface area contributed by atoms with Gasteiger partial charge >= 0.3 is 0 Å². The summed E-state index contributed by atoms with van der Waals surface area (Å²) in [6.07, 6.45) is 4.27. The molecule has 2 heterocycles. The molecule has 0 radical (unpaired) electrons. The third-order valence-corrected chi connectivity index (χ3v) is 4.65. The van der Waals surface area contributed by atoms with Crippen LogP contribution in [0.2, 0.25) is 0 Å². The molecule has 0 aliphatic carbocycles. The van der Waals surface area contributed by atoms with Gasteiger partial charge in [-0.25, -0.2) is 9.50 Å². The Bertz CT molecular complexity index is 811. The fourth-order valence-corrected chi connectivity index (χ4v) is 3.03. The molecule has 0 unspecified atom stereocenters. The molecule has 1 N–H and O–H groups in total. The summed E-state index contributed by atoms with van der Waals surface area (Å²) in [5.41, 5.74) is 2.56. The summed E-state index contributed by atoms with van der Waals surface area (Å²) in [6.45, 7) is 4.99. The van der Waals surface area contributed by atoms with Gasteiger partial charge in [0.2, 0.25) is 11.1 Å². The third-order valence-electron chi connectivity index (χ3n) is 3.81. The van der Waals surface area contributed by atoms with E-state index in [0.29, 0.717) is 29.1 Å². The van der Waals surface area contributed by atoms with Crippen LogP contribution in [0.15, 0.2) is 47.9 Å². The Hall–Kier alpha value is -2.41. The van der Waals surface area contributed by atoms with Crippen LogP contribution >= 0.6 is 11.8 Å². The van der Waals surface area contributed by atoms with Gasteiger partial charge in [-0.15, -0.1) is 5.10 Å². The van der Waals surface area contributed by atoms with Gasteiger partial charge in [-0.05, 0) is 29.5 Å². The highest BCUT2D eigenvalue weighted by Gasteiger charge is 2.08. The van der Waals surface area contributed by atoms with E-state index in [9.17, 15) is 4.79 Å². The lowest BCUT2D eigenvalue weighted by atomic mass is 10.0. The van der Waals surface area contributed by atoms with Crippen molar-refractivity contribution in [2.24, 2.45) is 0 Å². The van der Waals surface area contributed by atoms with Crippen LogP contribution in [-0.4, -0.2) is 37.8 Å². The summed E-state index contributed by atoms with van der Waals surface area (Å²) in [6, 6.07) is 10.4. The number of benzene rings is 1. The van der Waals surface area contributed by atoms with Gasteiger partial charge in [-0.3, -0.25) is 4.79 Å². The number of carbonyl (C=O) groups is 1. The van der Waals surface area contributed by atoms with Gasteiger partial charge in [0, 0.05) is 18.9 Å². The van der Waals surface area contributed by atoms with Gasteiger partial charge in [0.1, 0.15) is 0 Å². The average Bonchev–Trinajstić information content (AvgIpc) is 3.03. The molecule has 0 aliphatic rings. The molecule has 0 spiro atoms. The number of fused-ring (bicyclic) bond motifs is 1. The molecular weight excluding hydrogens is 334 g/mol. The Kier molecular flexibility index (Phi) is 5.65. The van der Waals surface area contributed by atoms with Crippen LogP contribution in [0, 0.1) is 0 Å². The molecule has 0 atom stereocenters. The maximum atomic E-state index is 12.0. The second-order valence-electron chi connectivity index (χ2n) is 6.04. The van der Waals surface area contributed by atoms with E-state index in [1.54, 1.807) is 23.0 Å². The normalized spacial score (nSPS) is 11.2. The van der Waals surface area contributed by atoms with E-state index in [1.807, 2.05) is 0 Å². The monoisotopic (exact) mass is 355 g/mol. The van der Waals surface area contributed by atoms with E-state index >= 15 is 0 Å². The zero-order valence-electron chi connectivity index (χ0n) is 14.3. The predicted octanol–water partition coefficient (Wildman–Crippen LogP) is 2.70. The topological polar surface area (TPSA) is 72.2 Å². The Labute approximate surface area is 151 Å². The van der Waals surface area contributed by atoms with Crippen molar-refractivity contribution in [1.29, 1.82) is 0 Å². The largest absolute Gasteiger partial charge is 0.355 e. The number of nitrogens with zero attached hydrogens (tertiary/aromatic N) is 4. The van der Waals surface area contributed by atoms with E-state index in [2.05, 4.69) is 58.5 Å². The zero-order valence-corrected chi connectivity index (χ0v) is 15.2. The molecule has 0 aliphatic heterocycles. The number of nitrogens with one attached hydrogen (secondary N) is 1. The van der Waals surface area contributed by atoms with Crippen molar-refractivity contribution >= 4 is 23.4 Å². The van der Waals surface area contributed by atoms with Crippen LogP contribution in [-0.2, 0) is 11.2 Å². The van der Waals surface area contributed by atoms with Crippen molar-refractivity contribution in [1.82, 2.24) is 24.9 Å². The minimum atomic E-state index is -0.0179. The molecule has 0 saturated carbocycles. The molecule has 7 heteroatoms. The van der Waals surface area contributed by atoms with Crippen molar-refractivity contribution in [2.75, 3.05) is 12.3 Å². The second-order valence-corrected chi connectivity index (χ2v) is 6.99. The summed E-state index contributed by atoms with van der Waals surface area (Å²) in [7, 11) is 0. The molecular formula is C18H21N5OS. The average molecular weight is 355 g/mol. The molecule has 3 aromatic rings. The first-order chi connectivity index (χ1) is 12.1. The van der Waals surface area contributed by atoms with Crippen molar-refractivity contribution in [3.05, 3.63) is 53.9 Å². The summed E-state index contributed by atoms with van der Waals surface area (Å²) < 4.78 is 1.60. The van der Waals surface area contributed by atoms with Gasteiger partial charge in [0.25, 0.3) is 5.78 Å². The highest BCUT2D eigenvalue weighted by Crippen LogP contribution is 2.15. The number of hydrogen-bond donors (Lipinski definition) is 1. The second kappa shape index (κ2) is 8.11. The van der Waals surface area contributed by atoms with E-state index in [1.165, 1.54) is 22.9 Å². The van der Waals surface area contributed by atoms with Crippen molar-refractivity contribution in [2.45, 2.75) is 31.3 Å². The van der Waals surface area contributed by atoms with Gasteiger partial charge < -0.3 is 5.32 Å².